The van der Waals surface area contributed by atoms with E-state index in [2.05, 4.69) is 50.4 Å². The van der Waals surface area contributed by atoms with Crippen molar-refractivity contribution in [2.75, 3.05) is 13.1 Å². The van der Waals surface area contributed by atoms with Gasteiger partial charge in [0.1, 0.15) is 5.60 Å². The van der Waals surface area contributed by atoms with Crippen molar-refractivity contribution in [2.24, 2.45) is 0 Å². The molecule has 0 unspecified atom stereocenters. The first-order valence-electron chi connectivity index (χ1n) is 8.21. The number of nitrogens with one attached hydrogen (secondary N) is 1. The van der Waals surface area contributed by atoms with E-state index < -0.39 is 5.60 Å². The van der Waals surface area contributed by atoms with Crippen LogP contribution in [0.2, 0.25) is 0 Å². The number of likely N-dealkylation sites (tertiary alicyclic amines) is 1. The monoisotopic (exact) mass is 382 g/mol. The number of halogens is 1. The van der Waals surface area contributed by atoms with Gasteiger partial charge in [-0.3, -0.25) is 4.90 Å². The Balaban J connectivity index is 1.74. The Labute approximate surface area is 147 Å². The molecule has 1 aliphatic rings. The highest BCUT2D eigenvalue weighted by molar-refractivity contribution is 9.08. The SMILES string of the molecule is CC(C)(C)OC(=O)NC1CCN(Cc2ccc(CBr)cc2)CC1. The largest absolute Gasteiger partial charge is 0.444 e. The molecular formula is C18H27BrN2O2. The number of hydrogen-bond acceptors (Lipinski definition) is 3. The first-order chi connectivity index (χ1) is 10.9. The number of rotatable bonds is 4. The van der Waals surface area contributed by atoms with Crippen molar-refractivity contribution >= 4 is 22.0 Å². The van der Waals surface area contributed by atoms with E-state index in [9.17, 15) is 4.79 Å². The highest BCUT2D eigenvalue weighted by atomic mass is 79.9. The van der Waals surface area contributed by atoms with Gasteiger partial charge in [-0.25, -0.2) is 4.79 Å². The van der Waals surface area contributed by atoms with Crippen LogP contribution in [0.15, 0.2) is 24.3 Å². The van der Waals surface area contributed by atoms with Crippen molar-refractivity contribution < 1.29 is 9.53 Å². The molecule has 1 N–H and O–H groups in total. The predicted octanol–water partition coefficient (Wildman–Crippen LogP) is 4.07. The fraction of sp³-hybridized carbons (Fsp3) is 0.611. The Kier molecular flexibility index (Phi) is 6.48. The number of piperidine rings is 1. The van der Waals surface area contributed by atoms with E-state index in [1.54, 1.807) is 0 Å². The Bertz CT molecular complexity index is 503. The number of hydrogen-bond donors (Lipinski definition) is 1. The lowest BCUT2D eigenvalue weighted by atomic mass is 10.0. The summed E-state index contributed by atoms with van der Waals surface area (Å²) in [5.74, 6) is 0. The molecule has 5 heteroatoms. The van der Waals surface area contributed by atoms with Gasteiger partial charge >= 0.3 is 6.09 Å². The molecule has 0 spiro atoms. The molecule has 1 heterocycles. The molecule has 1 aliphatic heterocycles. The van der Waals surface area contributed by atoms with Crippen LogP contribution >= 0.6 is 15.9 Å². The van der Waals surface area contributed by atoms with Gasteiger partial charge in [0.2, 0.25) is 0 Å². The minimum absolute atomic E-state index is 0.219. The molecule has 0 aliphatic carbocycles. The maximum Gasteiger partial charge on any atom is 0.407 e. The Morgan fingerprint density at radius 2 is 1.78 bits per heavy atom. The van der Waals surface area contributed by atoms with Crippen LogP contribution in [0.4, 0.5) is 4.79 Å². The lowest BCUT2D eigenvalue weighted by Crippen LogP contribution is -2.45. The van der Waals surface area contributed by atoms with Crippen molar-refractivity contribution in [3.05, 3.63) is 35.4 Å². The van der Waals surface area contributed by atoms with Crippen molar-refractivity contribution in [3.8, 4) is 0 Å². The van der Waals surface area contributed by atoms with Gasteiger partial charge in [-0.1, -0.05) is 40.2 Å². The molecule has 0 radical (unpaired) electrons. The number of alkyl carbamates (subject to hydrolysis) is 1. The molecule has 1 amide bonds. The molecule has 0 saturated carbocycles. The maximum atomic E-state index is 11.8. The summed E-state index contributed by atoms with van der Waals surface area (Å²) in [5.41, 5.74) is 2.20. The molecule has 0 bridgehead atoms. The van der Waals surface area contributed by atoms with E-state index in [0.29, 0.717) is 0 Å². The molecule has 1 aromatic rings. The van der Waals surface area contributed by atoms with E-state index >= 15 is 0 Å². The topological polar surface area (TPSA) is 41.6 Å². The summed E-state index contributed by atoms with van der Waals surface area (Å²) in [6.45, 7) is 8.63. The van der Waals surface area contributed by atoms with Crippen LogP contribution in [0, 0.1) is 0 Å². The summed E-state index contributed by atoms with van der Waals surface area (Å²) in [4.78, 5) is 14.2. The summed E-state index contributed by atoms with van der Waals surface area (Å²) in [6, 6.07) is 8.95. The van der Waals surface area contributed by atoms with Crippen molar-refractivity contribution in [1.82, 2.24) is 10.2 Å². The molecule has 0 aromatic heterocycles. The number of benzene rings is 1. The average molecular weight is 383 g/mol. The Morgan fingerprint density at radius 1 is 1.22 bits per heavy atom. The minimum atomic E-state index is -0.438. The van der Waals surface area contributed by atoms with Gasteiger partial charge in [0, 0.05) is 31.0 Å². The van der Waals surface area contributed by atoms with Gasteiger partial charge in [0.25, 0.3) is 0 Å². The van der Waals surface area contributed by atoms with E-state index in [-0.39, 0.29) is 12.1 Å². The van der Waals surface area contributed by atoms with E-state index in [1.807, 2.05) is 20.8 Å². The summed E-state index contributed by atoms with van der Waals surface area (Å²) < 4.78 is 5.32. The second-order valence-electron chi connectivity index (χ2n) is 7.15. The van der Waals surface area contributed by atoms with Crippen molar-refractivity contribution in [2.45, 2.75) is 57.1 Å². The maximum absolute atomic E-state index is 11.8. The summed E-state index contributed by atoms with van der Waals surface area (Å²) in [7, 11) is 0. The van der Waals surface area contributed by atoms with Crippen LogP contribution in [0.3, 0.4) is 0 Å². The van der Waals surface area contributed by atoms with E-state index in [1.165, 1.54) is 11.1 Å². The zero-order valence-electron chi connectivity index (χ0n) is 14.3. The Morgan fingerprint density at radius 3 is 2.30 bits per heavy atom. The molecule has 0 atom stereocenters. The number of carbonyl (C=O) groups is 1. The predicted molar refractivity (Wildman–Crippen MR) is 96.7 cm³/mol. The number of nitrogens with zero attached hydrogens (tertiary/aromatic N) is 1. The molecule has 4 nitrogen and oxygen atoms in total. The van der Waals surface area contributed by atoms with Crippen LogP contribution in [0.5, 0.6) is 0 Å². The summed E-state index contributed by atoms with van der Waals surface area (Å²) in [5, 5.41) is 3.88. The zero-order chi connectivity index (χ0) is 16.9. The lowest BCUT2D eigenvalue weighted by Gasteiger charge is -2.32. The smallest absolute Gasteiger partial charge is 0.407 e. The van der Waals surface area contributed by atoms with E-state index in [0.717, 1.165) is 37.8 Å². The van der Waals surface area contributed by atoms with Crippen LogP contribution in [0.25, 0.3) is 0 Å². The number of amides is 1. The van der Waals surface area contributed by atoms with Crippen LogP contribution in [0.1, 0.15) is 44.7 Å². The van der Waals surface area contributed by atoms with E-state index in [4.69, 9.17) is 4.74 Å². The summed E-state index contributed by atoms with van der Waals surface area (Å²) >= 11 is 3.47. The molecule has 128 valence electrons. The van der Waals surface area contributed by atoms with Gasteiger partial charge in [-0.05, 0) is 44.7 Å². The highest BCUT2D eigenvalue weighted by Gasteiger charge is 2.23. The van der Waals surface area contributed by atoms with Gasteiger partial charge in [0.05, 0.1) is 0 Å². The third-order valence-corrected chi connectivity index (χ3v) is 4.54. The highest BCUT2D eigenvalue weighted by Crippen LogP contribution is 2.16. The van der Waals surface area contributed by atoms with Crippen molar-refractivity contribution in [1.29, 1.82) is 0 Å². The van der Waals surface area contributed by atoms with Gasteiger partial charge in [-0.15, -0.1) is 0 Å². The van der Waals surface area contributed by atoms with Gasteiger partial charge in [0.15, 0.2) is 0 Å². The third-order valence-electron chi connectivity index (χ3n) is 3.89. The zero-order valence-corrected chi connectivity index (χ0v) is 15.9. The fourth-order valence-electron chi connectivity index (χ4n) is 2.70. The normalized spacial score (nSPS) is 17.0. The number of alkyl halides is 1. The second kappa shape index (κ2) is 8.15. The molecular weight excluding hydrogens is 356 g/mol. The molecule has 23 heavy (non-hydrogen) atoms. The van der Waals surface area contributed by atoms with Gasteiger partial charge in [-0.2, -0.15) is 0 Å². The second-order valence-corrected chi connectivity index (χ2v) is 7.71. The minimum Gasteiger partial charge on any atom is -0.444 e. The fourth-order valence-corrected chi connectivity index (χ4v) is 3.08. The number of carbonyl (C=O) groups excluding carboxylic acids is 1. The van der Waals surface area contributed by atoms with Crippen LogP contribution in [-0.2, 0) is 16.6 Å². The quantitative estimate of drug-likeness (QED) is 0.797. The van der Waals surface area contributed by atoms with Gasteiger partial charge < -0.3 is 10.1 Å². The molecule has 1 saturated heterocycles. The molecule has 2 rings (SSSR count). The Hall–Kier alpha value is -1.07. The molecule has 1 fully saturated rings. The average Bonchev–Trinajstić information content (AvgIpc) is 2.48. The standard InChI is InChI=1S/C18H27BrN2O2/c1-18(2,3)23-17(22)20-16-8-10-21(11-9-16)13-15-6-4-14(12-19)5-7-15/h4-7,16H,8-13H2,1-3H3,(H,20,22). The van der Waals surface area contributed by atoms with Crippen LogP contribution in [-0.4, -0.2) is 35.7 Å². The third kappa shape index (κ3) is 6.51. The number of ether oxygens (including phenoxy) is 1. The van der Waals surface area contributed by atoms with Crippen molar-refractivity contribution in [3.63, 3.8) is 0 Å². The lowest BCUT2D eigenvalue weighted by molar-refractivity contribution is 0.0477. The van der Waals surface area contributed by atoms with Crippen LogP contribution < -0.4 is 5.32 Å². The first kappa shape index (κ1) is 18.3. The summed E-state index contributed by atoms with van der Waals surface area (Å²) in [6.07, 6.45) is 1.64. The molecule has 1 aromatic carbocycles. The first-order valence-corrected chi connectivity index (χ1v) is 9.33.